The highest BCUT2D eigenvalue weighted by molar-refractivity contribution is 6.33. The molecule has 1 unspecified atom stereocenters. The molecule has 12 heteroatoms. The average Bonchev–Trinajstić information content (AvgIpc) is 3.49. The third-order valence-corrected chi connectivity index (χ3v) is 8.39. The van der Waals surface area contributed by atoms with E-state index >= 15 is 22.0 Å². The molecule has 6 rings (SSSR count). The van der Waals surface area contributed by atoms with Gasteiger partial charge in [-0.25, -0.2) is 35.1 Å². The Morgan fingerprint density at radius 2 is 1.36 bits per heavy atom. The fourth-order valence-electron chi connectivity index (χ4n) is 6.03. The summed E-state index contributed by atoms with van der Waals surface area (Å²) in [5.74, 6) is -12.4. The van der Waals surface area contributed by atoms with Gasteiger partial charge < -0.3 is 4.74 Å². The molecule has 0 saturated heterocycles. The van der Waals surface area contributed by atoms with Gasteiger partial charge in [-0.05, 0) is 96.5 Å². The summed E-state index contributed by atoms with van der Waals surface area (Å²) >= 11 is 6.27. The van der Waals surface area contributed by atoms with Gasteiger partial charge in [-0.15, -0.1) is 0 Å². The second-order valence-electron chi connectivity index (χ2n) is 10.7. The Labute approximate surface area is 248 Å². The number of hydrogen-bond acceptors (Lipinski definition) is 1. The molecule has 0 spiro atoms. The minimum Gasteiger partial charge on any atom is -0.429 e. The zero-order valence-electron chi connectivity index (χ0n) is 22.0. The van der Waals surface area contributed by atoms with E-state index in [2.05, 4.69) is 4.74 Å². The van der Waals surface area contributed by atoms with E-state index in [1.807, 2.05) is 0 Å². The Kier molecular flexibility index (Phi) is 7.22. The quantitative estimate of drug-likeness (QED) is 0.150. The van der Waals surface area contributed by atoms with Crippen LogP contribution in [0.3, 0.4) is 0 Å². The van der Waals surface area contributed by atoms with E-state index in [0.717, 1.165) is 18.2 Å². The summed E-state index contributed by atoms with van der Waals surface area (Å²) < 4.78 is 149. The zero-order chi connectivity index (χ0) is 31.7. The molecule has 2 aliphatic rings. The first-order valence-electron chi connectivity index (χ1n) is 13.1. The molecule has 0 radical (unpaired) electrons. The Morgan fingerprint density at radius 1 is 0.727 bits per heavy atom. The van der Waals surface area contributed by atoms with Crippen LogP contribution in [0.5, 0.6) is 5.75 Å². The molecule has 0 aromatic heterocycles. The first-order chi connectivity index (χ1) is 20.7. The van der Waals surface area contributed by atoms with Crippen molar-refractivity contribution in [3.8, 4) is 28.0 Å². The maximum Gasteiger partial charge on any atom is 0.432 e. The van der Waals surface area contributed by atoms with Crippen molar-refractivity contribution >= 4 is 11.6 Å². The van der Waals surface area contributed by atoms with E-state index in [0.29, 0.717) is 49.6 Å². The lowest BCUT2D eigenvalue weighted by Gasteiger charge is -2.27. The molecule has 4 aromatic carbocycles. The molecule has 2 aliphatic carbocycles. The molecule has 228 valence electrons. The minimum absolute atomic E-state index is 0.00881. The van der Waals surface area contributed by atoms with Crippen LogP contribution in [0.25, 0.3) is 22.3 Å². The number of alkyl halides is 2. The number of hydrogen-bond donors (Lipinski definition) is 0. The molecule has 0 N–H and O–H groups in total. The number of ether oxygens (including phenoxy) is 1. The number of benzene rings is 4. The van der Waals surface area contributed by atoms with Crippen LogP contribution in [-0.4, -0.2) is 0 Å². The summed E-state index contributed by atoms with van der Waals surface area (Å²) in [6.07, 6.45) is -1.69. The largest absolute Gasteiger partial charge is 0.432 e. The second-order valence-corrected chi connectivity index (χ2v) is 11.2. The third kappa shape index (κ3) is 4.91. The van der Waals surface area contributed by atoms with Crippen molar-refractivity contribution in [2.75, 3.05) is 0 Å². The summed E-state index contributed by atoms with van der Waals surface area (Å²) in [6.45, 7) is 0. The first kappa shape index (κ1) is 30.1. The monoisotopic (exact) mass is 642 g/mol. The smallest absolute Gasteiger partial charge is 0.429 e. The van der Waals surface area contributed by atoms with Gasteiger partial charge in [0.25, 0.3) is 0 Å². The van der Waals surface area contributed by atoms with Crippen LogP contribution in [0.4, 0.5) is 43.9 Å². The van der Waals surface area contributed by atoms with Gasteiger partial charge in [0.05, 0.1) is 5.02 Å². The summed E-state index contributed by atoms with van der Waals surface area (Å²) in [4.78, 5) is 0. The van der Waals surface area contributed by atoms with Crippen molar-refractivity contribution in [3.63, 3.8) is 0 Å². The van der Waals surface area contributed by atoms with Gasteiger partial charge in [0, 0.05) is 22.6 Å². The van der Waals surface area contributed by atoms with Gasteiger partial charge in [0.15, 0.2) is 17.5 Å². The van der Waals surface area contributed by atoms with Crippen LogP contribution in [0.15, 0.2) is 66.5 Å². The fourth-order valence-corrected chi connectivity index (χ4v) is 6.35. The normalized spacial score (nSPS) is 19.4. The molecule has 44 heavy (non-hydrogen) atoms. The highest BCUT2D eigenvalue weighted by Crippen LogP contribution is 2.56. The van der Waals surface area contributed by atoms with Crippen LogP contribution < -0.4 is 4.74 Å². The van der Waals surface area contributed by atoms with Crippen LogP contribution in [0.1, 0.15) is 30.4 Å². The van der Waals surface area contributed by atoms with E-state index in [4.69, 9.17) is 11.6 Å². The standard InChI is InChI=1S/C32H17ClF10O/c33-20-10-17(31-4-3-14(13-31)5-27(31)40)11-22(35)28(20)16-8-23(36)29(24(37)9-16)32(42,43)44-18-1-2-19(21(34)12-18)15-6-25(38)30(41)26(39)7-15/h1-2,5-12,14H,3-4,13H2/t14?,31-/m1/s1. The van der Waals surface area contributed by atoms with Crippen LogP contribution >= 0.6 is 11.6 Å². The molecule has 0 amide bonds. The Morgan fingerprint density at radius 3 is 1.91 bits per heavy atom. The summed E-state index contributed by atoms with van der Waals surface area (Å²) in [7, 11) is 0. The molecule has 1 nitrogen and oxygen atoms in total. The Bertz CT molecular complexity index is 1800. The molecule has 0 heterocycles. The lowest BCUT2D eigenvalue weighted by molar-refractivity contribution is -0.189. The molecular weight excluding hydrogens is 626 g/mol. The summed E-state index contributed by atoms with van der Waals surface area (Å²) in [5.41, 5.74) is -4.66. The van der Waals surface area contributed by atoms with E-state index in [9.17, 15) is 22.0 Å². The van der Waals surface area contributed by atoms with Gasteiger partial charge in [0.1, 0.15) is 40.4 Å². The van der Waals surface area contributed by atoms with E-state index < -0.39 is 91.6 Å². The highest BCUT2D eigenvalue weighted by Gasteiger charge is 2.49. The predicted octanol–water partition coefficient (Wildman–Crippen LogP) is 10.7. The molecule has 1 saturated carbocycles. The topological polar surface area (TPSA) is 9.23 Å². The minimum atomic E-state index is -4.73. The van der Waals surface area contributed by atoms with E-state index in [-0.39, 0.29) is 16.5 Å². The second kappa shape index (κ2) is 10.6. The van der Waals surface area contributed by atoms with Crippen LogP contribution in [0.2, 0.25) is 5.02 Å². The molecule has 1 fully saturated rings. The summed E-state index contributed by atoms with van der Waals surface area (Å²) in [5, 5.41) is -0.316. The van der Waals surface area contributed by atoms with Gasteiger partial charge in [-0.3, -0.25) is 0 Å². The lowest BCUT2D eigenvalue weighted by Crippen LogP contribution is -2.25. The van der Waals surface area contributed by atoms with Gasteiger partial charge >= 0.3 is 6.11 Å². The number of rotatable bonds is 6. The first-order valence-corrected chi connectivity index (χ1v) is 13.5. The zero-order valence-corrected chi connectivity index (χ0v) is 22.8. The van der Waals surface area contributed by atoms with Crippen molar-refractivity contribution in [3.05, 3.63) is 123 Å². The molecule has 4 aromatic rings. The van der Waals surface area contributed by atoms with Gasteiger partial charge in [0.2, 0.25) is 0 Å². The third-order valence-electron chi connectivity index (χ3n) is 8.09. The SMILES string of the molecule is FC1=CC2CC[C@]1(c1cc(F)c(-c3cc(F)c(C(F)(F)Oc4ccc(-c5cc(F)c(F)c(F)c5)c(F)c4)c(F)c3)c(Cl)c1)C2. The van der Waals surface area contributed by atoms with E-state index in [1.54, 1.807) is 0 Å². The van der Waals surface area contributed by atoms with Crippen LogP contribution in [-0.2, 0) is 11.5 Å². The number of fused-ring (bicyclic) bond motifs is 2. The van der Waals surface area contributed by atoms with Gasteiger partial charge in [-0.2, -0.15) is 8.78 Å². The van der Waals surface area contributed by atoms with Crippen molar-refractivity contribution in [1.29, 1.82) is 0 Å². The Balaban J connectivity index is 1.29. The highest BCUT2D eigenvalue weighted by atomic mass is 35.5. The lowest BCUT2D eigenvalue weighted by atomic mass is 9.78. The van der Waals surface area contributed by atoms with E-state index in [1.165, 1.54) is 12.1 Å². The number of halogens is 11. The van der Waals surface area contributed by atoms with Crippen LogP contribution in [0, 0.1) is 46.6 Å². The number of allylic oxidation sites excluding steroid dienone is 2. The van der Waals surface area contributed by atoms with Crippen molar-refractivity contribution in [2.24, 2.45) is 5.92 Å². The molecule has 2 atom stereocenters. The predicted molar refractivity (Wildman–Crippen MR) is 141 cm³/mol. The van der Waals surface area contributed by atoms with Gasteiger partial charge in [-0.1, -0.05) is 11.6 Å². The van der Waals surface area contributed by atoms with Crippen molar-refractivity contribution < 1.29 is 48.6 Å². The van der Waals surface area contributed by atoms with Crippen molar-refractivity contribution in [1.82, 2.24) is 0 Å². The molecular formula is C32H17ClF10O. The maximum atomic E-state index is 15.3. The maximum absolute atomic E-state index is 15.3. The summed E-state index contributed by atoms with van der Waals surface area (Å²) in [6, 6.07) is 5.99. The van der Waals surface area contributed by atoms with Crippen molar-refractivity contribution in [2.45, 2.75) is 30.8 Å². The Hall–Kier alpha value is -3.99. The average molecular weight is 643 g/mol. The fraction of sp³-hybridized carbons (Fsp3) is 0.188. The molecule has 0 aliphatic heterocycles. The molecule has 2 bridgehead atoms.